The molecular weight excluding hydrogens is 969 g/mol. The zero-order chi connectivity index (χ0) is 62.3. The second kappa shape index (κ2) is 60.4. The Labute approximate surface area is 512 Å². The Morgan fingerprint density at radius 2 is 0.772 bits per heavy atom. The lowest BCUT2D eigenvalue weighted by molar-refractivity contribution is -0.0235. The summed E-state index contributed by atoms with van der Waals surface area (Å²) in [5.74, 6) is 8.91. The molecule has 1 heteroatoms. The van der Waals surface area contributed by atoms with Gasteiger partial charge in [0, 0.05) is 4.75 Å². The third-order valence-electron chi connectivity index (χ3n) is 18.5. The first-order valence-corrected chi connectivity index (χ1v) is 36.1. The van der Waals surface area contributed by atoms with Gasteiger partial charge < -0.3 is 0 Å². The fourth-order valence-electron chi connectivity index (χ4n) is 8.07. The average Bonchev–Trinajstić information content (AvgIpc) is 4.02. The summed E-state index contributed by atoms with van der Waals surface area (Å²) in [6.45, 7) is 63.7. The largest absolute Gasteiger partial charge is 0.172 e. The van der Waals surface area contributed by atoms with Crippen molar-refractivity contribution >= 4 is 12.6 Å². The van der Waals surface area contributed by atoms with Crippen LogP contribution in [-0.2, 0) is 0 Å². The Kier molecular flexibility index (Phi) is 68.5. The van der Waals surface area contributed by atoms with Crippen LogP contribution in [0, 0.1) is 71.0 Å². The minimum Gasteiger partial charge on any atom is -0.172 e. The summed E-state index contributed by atoms with van der Waals surface area (Å²) in [6, 6.07) is 10.3. The van der Waals surface area contributed by atoms with Crippen LogP contribution in [0.3, 0.4) is 0 Å². The fraction of sp³-hybridized carbons (Fsp3) is 0.897. The molecule has 0 spiro atoms. The van der Waals surface area contributed by atoms with E-state index < -0.39 is 0 Å². The van der Waals surface area contributed by atoms with Crippen molar-refractivity contribution in [3.05, 3.63) is 48.0 Å². The van der Waals surface area contributed by atoms with Crippen molar-refractivity contribution in [2.24, 2.45) is 64.1 Å². The Balaban J connectivity index is -0.000000188. The summed E-state index contributed by atoms with van der Waals surface area (Å²) >= 11 is 5.02. The van der Waals surface area contributed by atoms with Crippen LogP contribution in [-0.4, -0.2) is 4.75 Å². The molecule has 8 aliphatic rings. The summed E-state index contributed by atoms with van der Waals surface area (Å²) in [5.41, 5.74) is 3.30. The molecule has 0 radical (unpaired) electrons. The van der Waals surface area contributed by atoms with Crippen molar-refractivity contribution in [1.29, 1.82) is 0 Å². The predicted molar refractivity (Wildman–Crippen MR) is 379 cm³/mol. The summed E-state index contributed by atoms with van der Waals surface area (Å²) in [5, 5.41) is 0. The highest BCUT2D eigenvalue weighted by Crippen LogP contribution is 2.60. The van der Waals surface area contributed by atoms with Gasteiger partial charge in [0.05, 0.1) is 0 Å². The van der Waals surface area contributed by atoms with Gasteiger partial charge in [0.2, 0.25) is 0 Å². The number of unbranched alkanes of at least 4 members (excludes halogenated alkanes) is 4. The van der Waals surface area contributed by atoms with Crippen LogP contribution in [0.15, 0.2) is 42.5 Å². The molecule has 0 amide bonds. The minimum atomic E-state index is 0.163. The summed E-state index contributed by atoms with van der Waals surface area (Å²) in [6.07, 6.45) is 44.4. The molecule has 0 bridgehead atoms. The van der Waals surface area contributed by atoms with E-state index in [1.165, 1.54) is 210 Å². The third-order valence-corrected chi connectivity index (χ3v) is 19.2. The van der Waals surface area contributed by atoms with Gasteiger partial charge in [-0.25, -0.2) is 0 Å². The van der Waals surface area contributed by atoms with Gasteiger partial charge in [0.1, 0.15) is 0 Å². The normalized spacial score (nSPS) is 26.8. The molecule has 8 saturated carbocycles. The van der Waals surface area contributed by atoms with E-state index in [1.54, 1.807) is 0 Å². The lowest BCUT2D eigenvalue weighted by atomic mass is 9.51. The van der Waals surface area contributed by atoms with Gasteiger partial charge in [-0.05, 0) is 104 Å². The number of hydrogen-bond acceptors (Lipinski definition) is 1. The maximum atomic E-state index is 5.02. The highest BCUT2D eigenvalue weighted by atomic mass is 32.1. The van der Waals surface area contributed by atoms with Crippen LogP contribution < -0.4 is 0 Å². The van der Waals surface area contributed by atoms with Gasteiger partial charge in [-0.3, -0.25) is 0 Å². The molecule has 478 valence electrons. The van der Waals surface area contributed by atoms with Crippen LogP contribution >= 0.6 is 12.6 Å². The molecule has 0 nitrogen and oxygen atoms in total. The van der Waals surface area contributed by atoms with E-state index in [0.29, 0.717) is 10.8 Å². The first-order valence-electron chi connectivity index (χ1n) is 35.6. The van der Waals surface area contributed by atoms with Crippen molar-refractivity contribution in [3.63, 3.8) is 0 Å². The molecule has 0 aromatic heterocycles. The van der Waals surface area contributed by atoms with Crippen LogP contribution in [0.5, 0.6) is 0 Å². The number of hydrogen-bond donors (Lipinski definition) is 1. The third kappa shape index (κ3) is 56.2. The first kappa shape index (κ1) is 89.5. The molecule has 9 unspecified atom stereocenters. The summed E-state index contributed by atoms with van der Waals surface area (Å²) in [7, 11) is 0. The van der Waals surface area contributed by atoms with Crippen LogP contribution in [0.25, 0.3) is 0 Å². The Bertz CT molecular complexity index is 1200. The number of allylic oxidation sites excluding steroid dienone is 1. The van der Waals surface area contributed by atoms with Gasteiger partial charge in [0.15, 0.2) is 0 Å². The Hall–Kier alpha value is -0.690. The van der Waals surface area contributed by atoms with Gasteiger partial charge in [-0.2, -0.15) is 12.6 Å². The molecule has 79 heavy (non-hydrogen) atoms. The highest BCUT2D eigenvalue weighted by Gasteiger charge is 2.53. The quantitative estimate of drug-likeness (QED) is 0.204. The van der Waals surface area contributed by atoms with Gasteiger partial charge >= 0.3 is 0 Å². The Morgan fingerprint density at radius 3 is 0.886 bits per heavy atom. The molecule has 0 heterocycles. The van der Waals surface area contributed by atoms with Crippen molar-refractivity contribution in [2.75, 3.05) is 0 Å². The zero-order valence-electron chi connectivity index (χ0n) is 60.7. The maximum absolute atomic E-state index is 5.02. The molecule has 0 N–H and O–H groups in total. The second-order valence-corrected chi connectivity index (χ2v) is 28.4. The van der Waals surface area contributed by atoms with E-state index in [0.717, 1.165) is 53.3 Å². The first-order chi connectivity index (χ1) is 37.2. The highest BCUT2D eigenvalue weighted by molar-refractivity contribution is 7.81. The van der Waals surface area contributed by atoms with E-state index in [4.69, 9.17) is 12.6 Å². The monoisotopic (exact) mass is 1130 g/mol. The minimum absolute atomic E-state index is 0.163. The Morgan fingerprint density at radius 1 is 0.494 bits per heavy atom. The van der Waals surface area contributed by atoms with Gasteiger partial charge in [0.25, 0.3) is 0 Å². The lowest BCUT2D eigenvalue weighted by Crippen LogP contribution is -2.52. The topological polar surface area (TPSA) is 0 Å². The number of aryl methyl sites for hydroxylation is 1. The molecule has 8 aliphatic carbocycles. The molecule has 0 aliphatic heterocycles. The fourth-order valence-corrected chi connectivity index (χ4v) is 8.51. The van der Waals surface area contributed by atoms with Crippen molar-refractivity contribution < 1.29 is 0 Å². The second-order valence-electron chi connectivity index (χ2n) is 27.4. The number of thiol groups is 1. The number of rotatable bonds is 7. The smallest absolute Gasteiger partial charge is 0.0158 e. The van der Waals surface area contributed by atoms with Crippen LogP contribution in [0.4, 0.5) is 0 Å². The summed E-state index contributed by atoms with van der Waals surface area (Å²) in [4.78, 5) is 0. The van der Waals surface area contributed by atoms with E-state index in [2.05, 4.69) is 164 Å². The van der Waals surface area contributed by atoms with E-state index in [-0.39, 0.29) is 4.75 Å². The molecule has 9 atom stereocenters. The van der Waals surface area contributed by atoms with Crippen LogP contribution in [0.1, 0.15) is 385 Å². The SMILES string of the molecule is C1CCC1.C1CCC1.C1CCC1.C=C(C)C.CC.CC.CC1CC1C.CC1CCC1.CC1CCC1C.CC1CCC1C.CCCC.CCCC.CCCC1CC(C)(C)C(C)(S)CC1(C)C(C)C.CCCCC.Cc1ccccc1. The van der Waals surface area contributed by atoms with Crippen molar-refractivity contribution in [3.8, 4) is 0 Å². The van der Waals surface area contributed by atoms with E-state index in [1.807, 2.05) is 59.7 Å². The van der Waals surface area contributed by atoms with E-state index in [9.17, 15) is 0 Å². The van der Waals surface area contributed by atoms with Crippen LogP contribution in [0.2, 0.25) is 0 Å². The van der Waals surface area contributed by atoms with Crippen molar-refractivity contribution in [1.82, 2.24) is 0 Å². The van der Waals surface area contributed by atoms with Gasteiger partial charge in [-0.1, -0.05) is 387 Å². The lowest BCUT2D eigenvalue weighted by Gasteiger charge is -2.58. The average molecular weight is 1130 g/mol. The molecule has 1 aromatic rings. The molecule has 8 fully saturated rings. The standard InChI is InChI=1S/C16H32S.C7H8.2C6H12.2C5H10.C5H12.4C4H8.2C4H10.2C2H6/c1-8-9-13-10-14(4,5)16(7,17)11-15(13,6)12(2)3;1-7-5-3-2-4-6-7;2*1-5-3-4-6(5)2;1-4-3-5(4)2;1-5-3-2-4-5;1-3-5-4-2;3*1-2-4-3-1;1-4(2)3;2*1-3-4-2;2*1-2/h12-13,17H,8-11H2,1-7H3;2-6H,1H3;2*5-6H,3-4H2,1-2H3;4-5H,3H2,1-2H3;5H,2-4H2,1H3;3-5H2,1-2H3;3*1-4H2;1H2,2-3H3;2*3-4H2,1-2H3;2*1-2H3. The zero-order valence-corrected chi connectivity index (χ0v) is 61.6. The summed E-state index contributed by atoms with van der Waals surface area (Å²) < 4.78 is 0.163. The number of benzene rings is 1. The van der Waals surface area contributed by atoms with Gasteiger partial charge in [-0.15, -0.1) is 6.58 Å². The predicted octanol–water partition coefficient (Wildman–Crippen LogP) is 29.3. The molecule has 1 aromatic carbocycles. The maximum Gasteiger partial charge on any atom is 0.0158 e. The van der Waals surface area contributed by atoms with E-state index >= 15 is 0 Å². The van der Waals surface area contributed by atoms with Crippen molar-refractivity contribution in [2.45, 2.75) is 391 Å². The molecular formula is C78H160S. The molecule has 9 rings (SSSR count). The molecule has 0 saturated heterocycles.